The van der Waals surface area contributed by atoms with Gasteiger partial charge in [-0.3, -0.25) is 4.79 Å². The maximum atomic E-state index is 12.6. The van der Waals surface area contributed by atoms with Crippen LogP contribution in [0.15, 0.2) is 41.3 Å². The Bertz CT molecular complexity index is 887. The second kappa shape index (κ2) is 6.75. The molecule has 24 heavy (non-hydrogen) atoms. The number of hydrogen-bond donors (Lipinski definition) is 1. The Labute approximate surface area is 143 Å². The second-order valence-corrected chi connectivity index (χ2v) is 8.19. The van der Waals surface area contributed by atoms with E-state index in [2.05, 4.69) is 5.32 Å². The van der Waals surface area contributed by atoms with Crippen LogP contribution in [0.4, 0.5) is 5.69 Å². The number of aryl methyl sites for hydroxylation is 3. The summed E-state index contributed by atoms with van der Waals surface area (Å²) in [6.45, 7) is 5.62. The van der Waals surface area contributed by atoms with Crippen LogP contribution in [0, 0.1) is 20.8 Å². The molecule has 1 N–H and O–H groups in total. The van der Waals surface area contributed by atoms with Gasteiger partial charge in [-0.2, -0.15) is 0 Å². The predicted molar refractivity (Wildman–Crippen MR) is 95.9 cm³/mol. The van der Waals surface area contributed by atoms with Crippen LogP contribution in [0.25, 0.3) is 0 Å². The maximum absolute atomic E-state index is 12.6. The van der Waals surface area contributed by atoms with Gasteiger partial charge in [-0.15, -0.1) is 0 Å². The molecule has 0 fully saturated rings. The molecule has 0 heterocycles. The standard InChI is InChI=1S/C18H22N2O3S/c1-12-6-7-13(2)16(10-12)18(21)19-17-11-15(9-8-14(17)3)24(22,23)20(4)5/h6-11H,1-5H3,(H,19,21). The fraction of sp³-hybridized carbons (Fsp3) is 0.278. The van der Waals surface area contributed by atoms with Gasteiger partial charge in [0.15, 0.2) is 0 Å². The van der Waals surface area contributed by atoms with Gasteiger partial charge in [-0.1, -0.05) is 23.8 Å². The summed E-state index contributed by atoms with van der Waals surface area (Å²) < 4.78 is 25.7. The third kappa shape index (κ3) is 3.66. The fourth-order valence-corrected chi connectivity index (χ4v) is 3.21. The third-order valence-electron chi connectivity index (χ3n) is 3.87. The van der Waals surface area contributed by atoms with E-state index in [1.807, 2.05) is 39.0 Å². The first-order valence-electron chi connectivity index (χ1n) is 7.54. The minimum Gasteiger partial charge on any atom is -0.322 e. The van der Waals surface area contributed by atoms with Crippen LogP contribution >= 0.6 is 0 Å². The second-order valence-electron chi connectivity index (χ2n) is 6.04. The highest BCUT2D eigenvalue weighted by Gasteiger charge is 2.19. The Hall–Kier alpha value is -2.18. The van der Waals surface area contributed by atoms with E-state index in [1.54, 1.807) is 6.07 Å². The van der Waals surface area contributed by atoms with Gasteiger partial charge in [0, 0.05) is 25.3 Å². The van der Waals surface area contributed by atoms with Crippen molar-refractivity contribution in [3.8, 4) is 0 Å². The van der Waals surface area contributed by atoms with Crippen LogP contribution in [0.3, 0.4) is 0 Å². The molecule has 128 valence electrons. The van der Waals surface area contributed by atoms with Crippen molar-refractivity contribution in [2.45, 2.75) is 25.7 Å². The van der Waals surface area contributed by atoms with E-state index in [9.17, 15) is 13.2 Å². The Kier molecular flexibility index (Phi) is 5.11. The summed E-state index contributed by atoms with van der Waals surface area (Å²) in [5.74, 6) is -0.251. The molecule has 0 aliphatic heterocycles. The van der Waals surface area contributed by atoms with Gasteiger partial charge in [-0.25, -0.2) is 12.7 Å². The van der Waals surface area contributed by atoms with E-state index in [0.29, 0.717) is 11.3 Å². The summed E-state index contributed by atoms with van der Waals surface area (Å²) in [6, 6.07) is 10.4. The molecule has 1 amide bonds. The average Bonchev–Trinajstić information content (AvgIpc) is 2.51. The molecule has 5 nitrogen and oxygen atoms in total. The monoisotopic (exact) mass is 346 g/mol. The van der Waals surface area contributed by atoms with Crippen LogP contribution in [0.1, 0.15) is 27.0 Å². The highest BCUT2D eigenvalue weighted by atomic mass is 32.2. The fourth-order valence-electron chi connectivity index (χ4n) is 2.28. The van der Waals surface area contributed by atoms with Gasteiger partial charge < -0.3 is 5.32 Å². The van der Waals surface area contributed by atoms with Crippen molar-refractivity contribution < 1.29 is 13.2 Å². The van der Waals surface area contributed by atoms with Crippen LogP contribution in [-0.2, 0) is 10.0 Å². The summed E-state index contributed by atoms with van der Waals surface area (Å²) in [6.07, 6.45) is 0. The Morgan fingerprint density at radius 3 is 2.21 bits per heavy atom. The smallest absolute Gasteiger partial charge is 0.255 e. The van der Waals surface area contributed by atoms with Gasteiger partial charge in [0.25, 0.3) is 5.91 Å². The molecule has 0 saturated heterocycles. The molecule has 6 heteroatoms. The molecular weight excluding hydrogens is 324 g/mol. The van der Waals surface area contributed by atoms with Crippen LogP contribution < -0.4 is 5.32 Å². The Balaban J connectivity index is 2.39. The van der Waals surface area contributed by atoms with Crippen LogP contribution in [0.5, 0.6) is 0 Å². The molecule has 0 spiro atoms. The number of carbonyl (C=O) groups is 1. The van der Waals surface area contributed by atoms with E-state index in [-0.39, 0.29) is 10.8 Å². The lowest BCUT2D eigenvalue weighted by atomic mass is 10.0. The number of benzene rings is 2. The molecule has 0 aromatic heterocycles. The van der Waals surface area contributed by atoms with Crippen molar-refractivity contribution in [3.63, 3.8) is 0 Å². The van der Waals surface area contributed by atoms with Crippen molar-refractivity contribution in [2.24, 2.45) is 0 Å². The molecule has 0 unspecified atom stereocenters. The maximum Gasteiger partial charge on any atom is 0.255 e. The number of nitrogens with one attached hydrogen (secondary N) is 1. The lowest BCUT2D eigenvalue weighted by Crippen LogP contribution is -2.22. The SMILES string of the molecule is Cc1ccc(C)c(C(=O)Nc2cc(S(=O)(=O)N(C)C)ccc2C)c1. The van der Waals surface area contributed by atoms with Crippen molar-refractivity contribution >= 4 is 21.6 Å². The predicted octanol–water partition coefficient (Wildman–Crippen LogP) is 3.11. The van der Waals surface area contributed by atoms with Crippen molar-refractivity contribution in [1.29, 1.82) is 0 Å². The zero-order valence-electron chi connectivity index (χ0n) is 14.5. The van der Waals surface area contributed by atoms with Gasteiger partial charge >= 0.3 is 0 Å². The molecule has 0 radical (unpaired) electrons. The summed E-state index contributed by atoms with van der Waals surface area (Å²) in [4.78, 5) is 12.7. The van der Waals surface area contributed by atoms with E-state index in [1.165, 1.54) is 26.2 Å². The molecule has 0 saturated carbocycles. The number of carbonyl (C=O) groups excluding carboxylic acids is 1. The molecule has 0 aliphatic carbocycles. The van der Waals surface area contributed by atoms with Gasteiger partial charge in [0.05, 0.1) is 4.90 Å². The summed E-state index contributed by atoms with van der Waals surface area (Å²) >= 11 is 0. The van der Waals surface area contributed by atoms with Crippen LogP contribution in [-0.4, -0.2) is 32.7 Å². The van der Waals surface area contributed by atoms with Crippen molar-refractivity contribution in [1.82, 2.24) is 4.31 Å². The Morgan fingerprint density at radius 2 is 1.58 bits per heavy atom. The average molecular weight is 346 g/mol. The summed E-state index contributed by atoms with van der Waals surface area (Å²) in [7, 11) is -0.598. The first-order chi connectivity index (χ1) is 11.1. The van der Waals surface area contributed by atoms with E-state index in [0.717, 1.165) is 21.0 Å². The number of hydrogen-bond acceptors (Lipinski definition) is 3. The molecular formula is C18H22N2O3S. The number of amides is 1. The van der Waals surface area contributed by atoms with Gasteiger partial charge in [-0.05, 0) is 50.1 Å². The number of anilines is 1. The normalized spacial score (nSPS) is 11.6. The molecule has 2 aromatic rings. The lowest BCUT2D eigenvalue weighted by molar-refractivity contribution is 0.102. The molecule has 0 atom stereocenters. The molecule has 0 aliphatic rings. The minimum atomic E-state index is -3.55. The minimum absolute atomic E-state index is 0.148. The summed E-state index contributed by atoms with van der Waals surface area (Å²) in [5.41, 5.74) is 3.73. The molecule has 2 rings (SSSR count). The third-order valence-corrected chi connectivity index (χ3v) is 5.68. The van der Waals surface area contributed by atoms with Crippen molar-refractivity contribution in [2.75, 3.05) is 19.4 Å². The van der Waals surface area contributed by atoms with Crippen molar-refractivity contribution in [3.05, 3.63) is 58.7 Å². The zero-order valence-corrected chi connectivity index (χ0v) is 15.4. The zero-order chi connectivity index (χ0) is 18.1. The quantitative estimate of drug-likeness (QED) is 0.925. The van der Waals surface area contributed by atoms with Gasteiger partial charge in [0.1, 0.15) is 0 Å². The first kappa shape index (κ1) is 18.2. The van der Waals surface area contributed by atoms with E-state index in [4.69, 9.17) is 0 Å². The summed E-state index contributed by atoms with van der Waals surface area (Å²) in [5, 5.41) is 2.82. The van der Waals surface area contributed by atoms with Gasteiger partial charge in [0.2, 0.25) is 10.0 Å². The largest absolute Gasteiger partial charge is 0.322 e. The lowest BCUT2D eigenvalue weighted by Gasteiger charge is -2.15. The topological polar surface area (TPSA) is 66.5 Å². The van der Waals surface area contributed by atoms with E-state index < -0.39 is 10.0 Å². The number of sulfonamides is 1. The first-order valence-corrected chi connectivity index (χ1v) is 8.98. The molecule has 0 bridgehead atoms. The van der Waals surface area contributed by atoms with E-state index >= 15 is 0 Å². The Morgan fingerprint density at radius 1 is 0.958 bits per heavy atom. The molecule has 2 aromatic carbocycles. The number of nitrogens with zero attached hydrogens (tertiary/aromatic N) is 1. The van der Waals surface area contributed by atoms with Crippen LogP contribution in [0.2, 0.25) is 0 Å². The highest BCUT2D eigenvalue weighted by molar-refractivity contribution is 7.89. The number of rotatable bonds is 4. The highest BCUT2D eigenvalue weighted by Crippen LogP contribution is 2.23.